The predicted octanol–water partition coefficient (Wildman–Crippen LogP) is 4.25. The third kappa shape index (κ3) is 3.05. The first-order chi connectivity index (χ1) is 10.9. The minimum atomic E-state index is -0.0333. The van der Waals surface area contributed by atoms with Gasteiger partial charge in [0, 0.05) is 10.8 Å². The van der Waals surface area contributed by atoms with Crippen molar-refractivity contribution >= 4 is 39.1 Å². The van der Waals surface area contributed by atoms with E-state index in [0.717, 1.165) is 15.8 Å². The van der Waals surface area contributed by atoms with Gasteiger partial charge in [-0.1, -0.05) is 30.8 Å². The van der Waals surface area contributed by atoms with Gasteiger partial charge in [-0.05, 0) is 26.3 Å². The molecular weight excluding hydrogens is 330 g/mol. The van der Waals surface area contributed by atoms with Crippen LogP contribution in [-0.2, 0) is 0 Å². The van der Waals surface area contributed by atoms with E-state index in [2.05, 4.69) is 34.0 Å². The van der Waals surface area contributed by atoms with Crippen LogP contribution in [0, 0.1) is 13.8 Å². The second kappa shape index (κ2) is 6.09. The van der Waals surface area contributed by atoms with E-state index < -0.39 is 0 Å². The molecule has 0 spiro atoms. The van der Waals surface area contributed by atoms with Crippen molar-refractivity contribution in [2.24, 2.45) is 0 Å². The lowest BCUT2D eigenvalue weighted by atomic mass is 10.2. The molecule has 0 radical (unpaired) electrons. The molecule has 0 fully saturated rings. The van der Waals surface area contributed by atoms with Crippen LogP contribution in [-0.4, -0.2) is 20.1 Å². The van der Waals surface area contributed by atoms with Crippen LogP contribution in [0.25, 0.3) is 10.2 Å². The lowest BCUT2D eigenvalue weighted by Gasteiger charge is -2.06. The van der Waals surface area contributed by atoms with Crippen molar-refractivity contribution in [3.05, 3.63) is 22.2 Å². The van der Waals surface area contributed by atoms with Crippen LogP contribution >= 0.6 is 23.1 Å². The molecule has 3 aromatic rings. The maximum atomic E-state index is 6.12. The Morgan fingerprint density at radius 3 is 2.52 bits per heavy atom. The number of aromatic nitrogens is 4. The fourth-order valence-electron chi connectivity index (χ4n) is 2.17. The van der Waals surface area contributed by atoms with Crippen LogP contribution < -0.4 is 5.73 Å². The molecule has 0 aromatic carbocycles. The molecule has 0 aliphatic heterocycles. The Labute approximate surface area is 142 Å². The van der Waals surface area contributed by atoms with Gasteiger partial charge in [0.1, 0.15) is 10.6 Å². The number of anilines is 1. The van der Waals surface area contributed by atoms with Crippen molar-refractivity contribution in [1.29, 1.82) is 0 Å². The van der Waals surface area contributed by atoms with Gasteiger partial charge in [-0.15, -0.1) is 11.3 Å². The maximum Gasteiger partial charge on any atom is 0.239 e. The van der Waals surface area contributed by atoms with E-state index in [-0.39, 0.29) is 11.2 Å². The highest BCUT2D eigenvalue weighted by atomic mass is 32.2. The highest BCUT2D eigenvalue weighted by Gasteiger charge is 2.20. The van der Waals surface area contributed by atoms with E-state index in [1.165, 1.54) is 16.6 Å². The first-order valence-corrected chi connectivity index (χ1v) is 9.09. The minimum absolute atomic E-state index is 0.0333. The predicted molar refractivity (Wildman–Crippen MR) is 94.0 cm³/mol. The number of hydrogen-bond donors (Lipinski definition) is 1. The van der Waals surface area contributed by atoms with Gasteiger partial charge in [0.15, 0.2) is 11.0 Å². The average Bonchev–Trinajstić information content (AvgIpc) is 3.05. The Bertz CT molecular complexity index is 855. The number of fused-ring (bicyclic) bond motifs is 1. The standard InChI is InChI=1S/C15H19N5OS2/c1-6(2)12-18-13(21-20-12)9(5)23-15-17-11(16)10-7(3)8(4)22-14(10)19-15/h6,9H,1-5H3,(H2,16,17,19)/t9-/m1/s1. The Kier molecular flexibility index (Phi) is 4.29. The molecule has 6 nitrogen and oxygen atoms in total. The van der Waals surface area contributed by atoms with Gasteiger partial charge >= 0.3 is 0 Å². The van der Waals surface area contributed by atoms with E-state index in [1.807, 2.05) is 20.8 Å². The van der Waals surface area contributed by atoms with Crippen molar-refractivity contribution in [2.75, 3.05) is 5.73 Å². The zero-order valence-corrected chi connectivity index (χ0v) is 15.4. The third-order valence-corrected chi connectivity index (χ3v) is 5.69. The fourth-order valence-corrected chi connectivity index (χ4v) is 4.07. The number of thioether (sulfide) groups is 1. The van der Waals surface area contributed by atoms with E-state index >= 15 is 0 Å². The first-order valence-electron chi connectivity index (χ1n) is 7.40. The summed E-state index contributed by atoms with van der Waals surface area (Å²) in [5.74, 6) is 2.07. The average molecular weight is 349 g/mol. The maximum absolute atomic E-state index is 6.12. The molecule has 0 saturated carbocycles. The van der Waals surface area contributed by atoms with Gasteiger partial charge in [0.05, 0.1) is 10.6 Å². The summed E-state index contributed by atoms with van der Waals surface area (Å²) >= 11 is 3.12. The number of aryl methyl sites for hydroxylation is 2. The summed E-state index contributed by atoms with van der Waals surface area (Å²) in [7, 11) is 0. The zero-order valence-electron chi connectivity index (χ0n) is 13.7. The molecule has 0 unspecified atom stereocenters. The van der Waals surface area contributed by atoms with Crippen LogP contribution in [0.5, 0.6) is 0 Å². The van der Waals surface area contributed by atoms with Gasteiger partial charge in [-0.2, -0.15) is 4.98 Å². The minimum Gasteiger partial charge on any atom is -0.383 e. The summed E-state index contributed by atoms with van der Waals surface area (Å²) in [6.45, 7) is 10.2. The second-order valence-electron chi connectivity index (χ2n) is 5.76. The number of hydrogen-bond acceptors (Lipinski definition) is 8. The molecule has 3 heterocycles. The van der Waals surface area contributed by atoms with E-state index in [0.29, 0.717) is 22.7 Å². The van der Waals surface area contributed by atoms with Crippen LogP contribution in [0.2, 0.25) is 0 Å². The quantitative estimate of drug-likeness (QED) is 0.556. The monoisotopic (exact) mass is 349 g/mol. The molecule has 2 N–H and O–H groups in total. The summed E-state index contributed by atoms with van der Waals surface area (Å²) in [4.78, 5) is 15.6. The van der Waals surface area contributed by atoms with Crippen molar-refractivity contribution in [3.8, 4) is 0 Å². The summed E-state index contributed by atoms with van der Waals surface area (Å²) in [6.07, 6.45) is 0. The number of nitrogens with two attached hydrogens (primary N) is 1. The van der Waals surface area contributed by atoms with E-state index in [9.17, 15) is 0 Å². The summed E-state index contributed by atoms with van der Waals surface area (Å²) in [6, 6.07) is 0. The van der Waals surface area contributed by atoms with Gasteiger partial charge < -0.3 is 10.3 Å². The number of thiophene rings is 1. The third-order valence-electron chi connectivity index (χ3n) is 3.64. The lowest BCUT2D eigenvalue weighted by Crippen LogP contribution is -1.98. The Morgan fingerprint density at radius 1 is 1.13 bits per heavy atom. The SMILES string of the molecule is Cc1sc2nc(S[C@H](C)c3nc(C(C)C)no3)nc(N)c2c1C. The van der Waals surface area contributed by atoms with Gasteiger partial charge in [0.2, 0.25) is 5.89 Å². The molecule has 122 valence electrons. The van der Waals surface area contributed by atoms with E-state index in [1.54, 1.807) is 11.3 Å². The fraction of sp³-hybridized carbons (Fsp3) is 0.467. The van der Waals surface area contributed by atoms with Crippen molar-refractivity contribution in [3.63, 3.8) is 0 Å². The molecule has 1 atom stereocenters. The molecule has 0 aliphatic carbocycles. The first kappa shape index (κ1) is 16.2. The van der Waals surface area contributed by atoms with Crippen molar-refractivity contribution in [1.82, 2.24) is 20.1 Å². The number of nitrogens with zero attached hydrogens (tertiary/aromatic N) is 4. The molecule has 23 heavy (non-hydrogen) atoms. The highest BCUT2D eigenvalue weighted by Crippen LogP contribution is 2.37. The Balaban J connectivity index is 1.88. The van der Waals surface area contributed by atoms with Crippen molar-refractivity contribution < 1.29 is 4.52 Å². The summed E-state index contributed by atoms with van der Waals surface area (Å²) in [5.41, 5.74) is 7.28. The van der Waals surface area contributed by atoms with Crippen molar-refractivity contribution in [2.45, 2.75) is 50.9 Å². The zero-order chi connectivity index (χ0) is 16.7. The second-order valence-corrected chi connectivity index (χ2v) is 8.27. The number of nitrogen functional groups attached to an aromatic ring is 1. The van der Waals surface area contributed by atoms with Crippen LogP contribution in [0.4, 0.5) is 5.82 Å². The van der Waals surface area contributed by atoms with Crippen LogP contribution in [0.15, 0.2) is 9.68 Å². The molecule has 3 rings (SSSR count). The molecule has 0 saturated heterocycles. The molecule has 3 aromatic heterocycles. The molecule has 0 amide bonds. The lowest BCUT2D eigenvalue weighted by molar-refractivity contribution is 0.373. The molecular formula is C15H19N5OS2. The normalized spacial score (nSPS) is 13.1. The van der Waals surface area contributed by atoms with E-state index in [4.69, 9.17) is 10.3 Å². The summed E-state index contributed by atoms with van der Waals surface area (Å²) in [5, 5.41) is 5.56. The Morgan fingerprint density at radius 2 is 1.87 bits per heavy atom. The highest BCUT2D eigenvalue weighted by molar-refractivity contribution is 7.99. The van der Waals surface area contributed by atoms with Gasteiger partial charge in [-0.25, -0.2) is 9.97 Å². The van der Waals surface area contributed by atoms with Crippen LogP contribution in [0.1, 0.15) is 54.1 Å². The Hall–Kier alpha value is -1.67. The smallest absolute Gasteiger partial charge is 0.239 e. The number of rotatable bonds is 4. The summed E-state index contributed by atoms with van der Waals surface area (Å²) < 4.78 is 5.33. The molecule has 0 aliphatic rings. The molecule has 0 bridgehead atoms. The van der Waals surface area contributed by atoms with Gasteiger partial charge in [-0.3, -0.25) is 0 Å². The molecule has 8 heteroatoms. The van der Waals surface area contributed by atoms with Crippen LogP contribution in [0.3, 0.4) is 0 Å². The topological polar surface area (TPSA) is 90.7 Å². The largest absolute Gasteiger partial charge is 0.383 e. The van der Waals surface area contributed by atoms with Gasteiger partial charge in [0.25, 0.3) is 0 Å².